The molecule has 2 heterocycles. The van der Waals surface area contributed by atoms with Gasteiger partial charge in [-0.1, -0.05) is 48.9 Å². The Morgan fingerprint density at radius 2 is 1.90 bits per heavy atom. The summed E-state index contributed by atoms with van der Waals surface area (Å²) in [6.07, 6.45) is 2.79. The van der Waals surface area contributed by atoms with Crippen LogP contribution in [0.4, 0.5) is 10.5 Å². The second kappa shape index (κ2) is 7.78. The first-order valence-corrected chi connectivity index (χ1v) is 11.2. The van der Waals surface area contributed by atoms with E-state index < -0.39 is 0 Å². The minimum Gasteiger partial charge on any atom is -0.369 e. The molecule has 0 aromatic heterocycles. The Morgan fingerprint density at radius 3 is 2.60 bits per heavy atom. The van der Waals surface area contributed by atoms with Crippen molar-refractivity contribution in [2.24, 2.45) is 0 Å². The Kier molecular flexibility index (Phi) is 5.45. The van der Waals surface area contributed by atoms with Crippen LogP contribution in [0.1, 0.15) is 49.8 Å². The molecule has 2 aromatic rings. The number of hydrogen-bond donors (Lipinski definition) is 0. The van der Waals surface area contributed by atoms with Crippen molar-refractivity contribution in [3.05, 3.63) is 69.1 Å². The number of fused-ring (bicyclic) bond motifs is 1. The zero-order valence-electron chi connectivity index (χ0n) is 17.6. The number of halogens is 1. The van der Waals surface area contributed by atoms with Crippen LogP contribution in [0, 0.1) is 0 Å². The first-order valence-electron chi connectivity index (χ1n) is 10.0. The van der Waals surface area contributed by atoms with Crippen LogP contribution in [0.25, 0.3) is 6.08 Å². The van der Waals surface area contributed by atoms with E-state index >= 15 is 0 Å². The summed E-state index contributed by atoms with van der Waals surface area (Å²) in [5.41, 5.74) is 4.10. The summed E-state index contributed by atoms with van der Waals surface area (Å²) in [6.45, 7) is 6.96. The molecule has 6 heteroatoms. The molecule has 4 nitrogen and oxygen atoms in total. The van der Waals surface area contributed by atoms with E-state index in [0.717, 1.165) is 35.0 Å². The molecule has 156 valence electrons. The summed E-state index contributed by atoms with van der Waals surface area (Å²) < 4.78 is 0. The summed E-state index contributed by atoms with van der Waals surface area (Å²) >= 11 is 7.58. The predicted octanol–water partition coefficient (Wildman–Crippen LogP) is 6.30. The van der Waals surface area contributed by atoms with Crippen LogP contribution in [0.15, 0.2) is 47.4 Å². The van der Waals surface area contributed by atoms with Crippen molar-refractivity contribution in [2.75, 3.05) is 11.9 Å². The highest BCUT2D eigenvalue weighted by molar-refractivity contribution is 8.18. The molecule has 0 aliphatic carbocycles. The SMILES string of the molecule is C[C@H]1CC(C)(C)N(C)c2cc(Cl)c(/C=C3\SC(=O)N(Cc4ccccc4)C3=O)cc21. The number of benzene rings is 2. The van der Waals surface area contributed by atoms with Crippen LogP contribution >= 0.6 is 23.4 Å². The molecule has 2 amide bonds. The van der Waals surface area contributed by atoms with Gasteiger partial charge in [0.05, 0.1) is 11.4 Å². The first kappa shape index (κ1) is 21.0. The number of rotatable bonds is 3. The maximum absolute atomic E-state index is 12.9. The van der Waals surface area contributed by atoms with Crippen molar-refractivity contribution in [2.45, 2.75) is 45.2 Å². The Balaban J connectivity index is 1.65. The van der Waals surface area contributed by atoms with Crippen LogP contribution in [-0.4, -0.2) is 28.6 Å². The maximum atomic E-state index is 12.9. The van der Waals surface area contributed by atoms with Crippen LogP contribution in [0.2, 0.25) is 5.02 Å². The van der Waals surface area contributed by atoms with E-state index in [1.807, 2.05) is 36.4 Å². The zero-order chi connectivity index (χ0) is 21.6. The fourth-order valence-corrected chi connectivity index (χ4v) is 5.30. The topological polar surface area (TPSA) is 40.6 Å². The molecule has 0 unspecified atom stereocenters. The van der Waals surface area contributed by atoms with Crippen molar-refractivity contribution < 1.29 is 9.59 Å². The van der Waals surface area contributed by atoms with E-state index in [-0.39, 0.29) is 23.2 Å². The highest BCUT2D eigenvalue weighted by Crippen LogP contribution is 2.45. The summed E-state index contributed by atoms with van der Waals surface area (Å²) in [5, 5.41) is 0.333. The molecular formula is C24H25ClN2O2S. The zero-order valence-corrected chi connectivity index (χ0v) is 19.2. The van der Waals surface area contributed by atoms with Gasteiger partial charge in [-0.25, -0.2) is 0 Å². The van der Waals surface area contributed by atoms with Gasteiger partial charge < -0.3 is 4.90 Å². The third kappa shape index (κ3) is 3.77. The van der Waals surface area contributed by atoms with Crippen molar-refractivity contribution in [1.82, 2.24) is 4.90 Å². The minimum absolute atomic E-state index is 0.0529. The second-order valence-corrected chi connectivity index (χ2v) is 10.1. The molecule has 0 N–H and O–H groups in total. The Labute approximate surface area is 186 Å². The van der Waals surface area contributed by atoms with E-state index in [4.69, 9.17) is 11.6 Å². The van der Waals surface area contributed by atoms with E-state index in [0.29, 0.717) is 15.8 Å². The monoisotopic (exact) mass is 440 g/mol. The molecule has 30 heavy (non-hydrogen) atoms. The van der Waals surface area contributed by atoms with Gasteiger partial charge in [0, 0.05) is 23.3 Å². The molecular weight excluding hydrogens is 416 g/mol. The predicted molar refractivity (Wildman–Crippen MR) is 125 cm³/mol. The summed E-state index contributed by atoms with van der Waals surface area (Å²) in [4.78, 5) is 29.3. The maximum Gasteiger partial charge on any atom is 0.293 e. The highest BCUT2D eigenvalue weighted by atomic mass is 35.5. The molecule has 2 aliphatic rings. The number of thioether (sulfide) groups is 1. The first-order chi connectivity index (χ1) is 14.2. The molecule has 0 spiro atoms. The number of hydrogen-bond acceptors (Lipinski definition) is 4. The summed E-state index contributed by atoms with van der Waals surface area (Å²) in [5.74, 6) is 0.109. The fraction of sp³-hybridized carbons (Fsp3) is 0.333. The van der Waals surface area contributed by atoms with Crippen molar-refractivity contribution in [3.63, 3.8) is 0 Å². The number of carbonyl (C=O) groups excluding carboxylic acids is 2. The van der Waals surface area contributed by atoms with Crippen LogP contribution in [0.3, 0.4) is 0 Å². The van der Waals surface area contributed by atoms with Crippen molar-refractivity contribution >= 4 is 46.3 Å². The standard InChI is InChI=1S/C24H25ClN2O2S/c1-15-13-24(2,3)26(4)20-12-19(25)17(10-18(15)20)11-21-22(28)27(23(29)30-21)14-16-8-6-5-7-9-16/h5-12,15H,13-14H2,1-4H3/b21-11-/t15-/m0/s1. The second-order valence-electron chi connectivity index (χ2n) is 8.66. The third-order valence-electron chi connectivity index (χ3n) is 6.10. The average Bonchev–Trinajstić information content (AvgIpc) is 2.95. The van der Waals surface area contributed by atoms with Crippen LogP contribution in [-0.2, 0) is 11.3 Å². The van der Waals surface area contributed by atoms with Gasteiger partial charge in [0.2, 0.25) is 0 Å². The smallest absolute Gasteiger partial charge is 0.293 e. The van der Waals surface area contributed by atoms with Gasteiger partial charge in [-0.05, 0) is 72.8 Å². The van der Waals surface area contributed by atoms with Gasteiger partial charge in [0.15, 0.2) is 0 Å². The van der Waals surface area contributed by atoms with Crippen molar-refractivity contribution in [3.8, 4) is 0 Å². The third-order valence-corrected chi connectivity index (χ3v) is 7.33. The van der Waals surface area contributed by atoms with Gasteiger partial charge in [-0.2, -0.15) is 0 Å². The quantitative estimate of drug-likeness (QED) is 0.525. The van der Waals surface area contributed by atoms with Gasteiger partial charge in [0.1, 0.15) is 0 Å². The number of carbonyl (C=O) groups is 2. The van der Waals surface area contributed by atoms with E-state index in [1.54, 1.807) is 6.08 Å². The lowest BCUT2D eigenvalue weighted by atomic mass is 9.80. The molecule has 4 rings (SSSR count). The largest absolute Gasteiger partial charge is 0.369 e. The van der Waals surface area contributed by atoms with Gasteiger partial charge in [-0.3, -0.25) is 14.5 Å². The fourth-order valence-electron chi connectivity index (χ4n) is 4.26. The van der Waals surface area contributed by atoms with E-state index in [9.17, 15) is 9.59 Å². The van der Waals surface area contributed by atoms with E-state index in [1.165, 1.54) is 10.5 Å². The van der Waals surface area contributed by atoms with Crippen molar-refractivity contribution in [1.29, 1.82) is 0 Å². The molecule has 2 aliphatic heterocycles. The Hall–Kier alpha value is -2.24. The van der Waals surface area contributed by atoms with Gasteiger partial charge in [0.25, 0.3) is 11.1 Å². The van der Waals surface area contributed by atoms with Gasteiger partial charge >= 0.3 is 0 Å². The molecule has 1 fully saturated rings. The average molecular weight is 441 g/mol. The lowest BCUT2D eigenvalue weighted by molar-refractivity contribution is -0.123. The number of imide groups is 1. The molecule has 1 atom stereocenters. The molecule has 0 bridgehead atoms. The normalized spacial score (nSPS) is 22.0. The Morgan fingerprint density at radius 1 is 1.20 bits per heavy atom. The lowest BCUT2D eigenvalue weighted by Crippen LogP contribution is -2.45. The van der Waals surface area contributed by atoms with E-state index in [2.05, 4.69) is 38.8 Å². The highest BCUT2D eigenvalue weighted by Gasteiger charge is 2.36. The summed E-state index contributed by atoms with van der Waals surface area (Å²) in [6, 6.07) is 13.6. The summed E-state index contributed by atoms with van der Waals surface area (Å²) in [7, 11) is 2.09. The lowest BCUT2D eigenvalue weighted by Gasteiger charge is -2.45. The number of anilines is 1. The molecule has 1 saturated heterocycles. The molecule has 0 radical (unpaired) electrons. The minimum atomic E-state index is -0.269. The van der Waals surface area contributed by atoms with Crippen LogP contribution < -0.4 is 4.90 Å². The number of nitrogens with zero attached hydrogens (tertiary/aromatic N) is 2. The Bertz CT molecular complexity index is 1050. The van der Waals surface area contributed by atoms with Gasteiger partial charge in [-0.15, -0.1) is 0 Å². The number of amides is 2. The molecule has 2 aromatic carbocycles. The molecule has 0 saturated carbocycles. The van der Waals surface area contributed by atoms with Crippen LogP contribution in [0.5, 0.6) is 0 Å².